The molecule has 86 valence electrons. The van der Waals surface area contributed by atoms with Crippen LogP contribution in [0, 0.1) is 5.92 Å². The van der Waals surface area contributed by atoms with Gasteiger partial charge < -0.3 is 14.8 Å². The van der Waals surface area contributed by atoms with Crippen LogP contribution in [0.4, 0.5) is 0 Å². The minimum absolute atomic E-state index is 0.397. The molecule has 0 aliphatic carbocycles. The number of likely N-dealkylation sites (N-methyl/N-ethyl adjacent to an activating group) is 1. The number of nitrogens with one attached hydrogen (secondary N) is 1. The van der Waals surface area contributed by atoms with E-state index in [0.29, 0.717) is 12.0 Å². The molecule has 0 aromatic rings. The lowest BCUT2D eigenvalue weighted by Crippen LogP contribution is -2.39. The van der Waals surface area contributed by atoms with E-state index in [1.54, 1.807) is 0 Å². The Morgan fingerprint density at radius 2 is 2.13 bits per heavy atom. The van der Waals surface area contributed by atoms with Crippen molar-refractivity contribution in [2.24, 2.45) is 5.92 Å². The van der Waals surface area contributed by atoms with Crippen LogP contribution in [-0.4, -0.2) is 32.9 Å². The number of hydrogen-bond donors (Lipinski definition) is 1. The summed E-state index contributed by atoms with van der Waals surface area (Å²) in [5.41, 5.74) is 0. The summed E-state index contributed by atoms with van der Waals surface area (Å²) in [4.78, 5) is 0. The van der Waals surface area contributed by atoms with Crippen molar-refractivity contribution in [3.63, 3.8) is 0 Å². The van der Waals surface area contributed by atoms with Crippen molar-refractivity contribution in [2.45, 2.75) is 31.7 Å². The van der Waals surface area contributed by atoms with Gasteiger partial charge in [-0.1, -0.05) is 0 Å². The summed E-state index contributed by atoms with van der Waals surface area (Å²) >= 11 is 0. The summed E-state index contributed by atoms with van der Waals surface area (Å²) in [5.74, 6) is 1.84. The second-order valence-electron chi connectivity index (χ2n) is 4.31. The summed E-state index contributed by atoms with van der Waals surface area (Å²) in [6.07, 6.45) is 6.86. The van der Waals surface area contributed by atoms with Crippen LogP contribution in [0.2, 0.25) is 0 Å². The summed E-state index contributed by atoms with van der Waals surface area (Å²) in [5, 5.41) is 3.39. The first-order valence-electron chi connectivity index (χ1n) is 5.99. The molecule has 0 saturated carbocycles. The first kappa shape index (κ1) is 11.0. The highest BCUT2D eigenvalue weighted by molar-refractivity contribution is 5.07. The Morgan fingerprint density at radius 1 is 1.33 bits per heavy atom. The summed E-state index contributed by atoms with van der Waals surface area (Å²) in [7, 11) is 2.03. The average molecular weight is 211 g/mol. The molecular weight excluding hydrogens is 190 g/mol. The molecule has 1 atom stereocenters. The molecule has 3 heteroatoms. The quantitative estimate of drug-likeness (QED) is 0.770. The first-order chi connectivity index (χ1) is 7.42. The molecule has 2 heterocycles. The molecule has 0 amide bonds. The highest BCUT2D eigenvalue weighted by Gasteiger charge is 2.27. The highest BCUT2D eigenvalue weighted by Crippen LogP contribution is 2.26. The van der Waals surface area contributed by atoms with Gasteiger partial charge in [0.15, 0.2) is 0 Å². The minimum Gasteiger partial charge on any atom is -0.497 e. The van der Waals surface area contributed by atoms with Gasteiger partial charge in [-0.05, 0) is 44.7 Å². The fourth-order valence-electron chi connectivity index (χ4n) is 2.45. The summed E-state index contributed by atoms with van der Waals surface area (Å²) in [6.45, 7) is 2.68. The zero-order chi connectivity index (χ0) is 10.5. The van der Waals surface area contributed by atoms with E-state index < -0.39 is 0 Å². The normalized spacial score (nSPS) is 25.5. The molecule has 1 N–H and O–H groups in total. The lowest BCUT2D eigenvalue weighted by molar-refractivity contribution is 0.0473. The summed E-state index contributed by atoms with van der Waals surface area (Å²) in [6, 6.07) is 0.397. The van der Waals surface area contributed by atoms with Crippen molar-refractivity contribution >= 4 is 0 Å². The van der Waals surface area contributed by atoms with Gasteiger partial charge >= 0.3 is 0 Å². The topological polar surface area (TPSA) is 30.5 Å². The predicted octanol–water partition coefficient (Wildman–Crippen LogP) is 1.70. The SMILES string of the molecule is CNC(C1=CCCCO1)C1CCOCC1. The van der Waals surface area contributed by atoms with Crippen LogP contribution < -0.4 is 5.32 Å². The van der Waals surface area contributed by atoms with Crippen LogP contribution in [0.25, 0.3) is 0 Å². The van der Waals surface area contributed by atoms with Crippen LogP contribution in [0.5, 0.6) is 0 Å². The van der Waals surface area contributed by atoms with Crippen molar-refractivity contribution in [3.8, 4) is 0 Å². The zero-order valence-corrected chi connectivity index (χ0v) is 9.50. The highest BCUT2D eigenvalue weighted by atomic mass is 16.5. The van der Waals surface area contributed by atoms with E-state index in [-0.39, 0.29) is 0 Å². The average Bonchev–Trinajstić information content (AvgIpc) is 2.33. The third-order valence-electron chi connectivity index (χ3n) is 3.32. The van der Waals surface area contributed by atoms with E-state index in [9.17, 15) is 0 Å². The van der Waals surface area contributed by atoms with Crippen LogP contribution in [0.15, 0.2) is 11.8 Å². The molecule has 2 rings (SSSR count). The Morgan fingerprint density at radius 3 is 2.73 bits per heavy atom. The molecule has 2 aliphatic heterocycles. The third-order valence-corrected chi connectivity index (χ3v) is 3.32. The maximum atomic E-state index is 5.74. The molecule has 15 heavy (non-hydrogen) atoms. The summed E-state index contributed by atoms with van der Waals surface area (Å²) < 4.78 is 11.1. The van der Waals surface area contributed by atoms with Crippen molar-refractivity contribution < 1.29 is 9.47 Å². The van der Waals surface area contributed by atoms with Gasteiger partial charge in [-0.15, -0.1) is 0 Å². The lowest BCUT2D eigenvalue weighted by atomic mass is 9.89. The standard InChI is InChI=1S/C12H21NO2/c1-13-12(10-5-8-14-9-6-10)11-4-2-3-7-15-11/h4,10,12-13H,2-3,5-9H2,1H3. The lowest BCUT2D eigenvalue weighted by Gasteiger charge is -2.32. The molecule has 0 spiro atoms. The van der Waals surface area contributed by atoms with E-state index in [4.69, 9.17) is 9.47 Å². The van der Waals surface area contributed by atoms with E-state index in [1.807, 2.05) is 7.05 Å². The fraction of sp³-hybridized carbons (Fsp3) is 0.833. The molecule has 0 bridgehead atoms. The molecule has 1 unspecified atom stereocenters. The van der Waals surface area contributed by atoms with Gasteiger partial charge in [0, 0.05) is 13.2 Å². The van der Waals surface area contributed by atoms with E-state index >= 15 is 0 Å². The second-order valence-corrected chi connectivity index (χ2v) is 4.31. The van der Waals surface area contributed by atoms with Gasteiger partial charge in [0.25, 0.3) is 0 Å². The number of rotatable bonds is 3. The molecule has 2 aliphatic rings. The monoisotopic (exact) mass is 211 g/mol. The van der Waals surface area contributed by atoms with Gasteiger partial charge in [-0.25, -0.2) is 0 Å². The third kappa shape index (κ3) is 2.73. The molecule has 0 aromatic heterocycles. The fourth-order valence-corrected chi connectivity index (χ4v) is 2.45. The Balaban J connectivity index is 1.98. The smallest absolute Gasteiger partial charge is 0.109 e. The van der Waals surface area contributed by atoms with Crippen LogP contribution in [-0.2, 0) is 9.47 Å². The zero-order valence-electron chi connectivity index (χ0n) is 9.50. The van der Waals surface area contributed by atoms with Crippen molar-refractivity contribution in [1.29, 1.82) is 0 Å². The molecule has 1 fully saturated rings. The number of hydrogen-bond acceptors (Lipinski definition) is 3. The Kier molecular flexibility index (Phi) is 4.03. The van der Waals surface area contributed by atoms with Gasteiger partial charge in [-0.3, -0.25) is 0 Å². The Labute approximate surface area is 91.8 Å². The van der Waals surface area contributed by atoms with Gasteiger partial charge in [-0.2, -0.15) is 0 Å². The maximum absolute atomic E-state index is 5.74. The van der Waals surface area contributed by atoms with Crippen LogP contribution in [0.3, 0.4) is 0 Å². The number of ether oxygens (including phenoxy) is 2. The minimum atomic E-state index is 0.397. The Bertz CT molecular complexity index is 222. The van der Waals surface area contributed by atoms with Crippen LogP contribution >= 0.6 is 0 Å². The molecule has 0 radical (unpaired) electrons. The largest absolute Gasteiger partial charge is 0.497 e. The second kappa shape index (κ2) is 5.52. The predicted molar refractivity (Wildman–Crippen MR) is 59.7 cm³/mol. The van der Waals surface area contributed by atoms with Crippen LogP contribution in [0.1, 0.15) is 25.7 Å². The van der Waals surface area contributed by atoms with E-state index in [1.165, 1.54) is 0 Å². The Hall–Kier alpha value is -0.540. The van der Waals surface area contributed by atoms with Gasteiger partial charge in [0.1, 0.15) is 5.76 Å². The number of allylic oxidation sites excluding steroid dienone is 1. The van der Waals surface area contributed by atoms with E-state index in [0.717, 1.165) is 51.3 Å². The molecule has 1 saturated heterocycles. The van der Waals surface area contributed by atoms with Gasteiger partial charge in [0.2, 0.25) is 0 Å². The first-order valence-corrected chi connectivity index (χ1v) is 5.99. The molecule has 0 aromatic carbocycles. The maximum Gasteiger partial charge on any atom is 0.109 e. The molecular formula is C12H21NO2. The van der Waals surface area contributed by atoms with Gasteiger partial charge in [0.05, 0.1) is 12.6 Å². The van der Waals surface area contributed by atoms with Crippen molar-refractivity contribution in [1.82, 2.24) is 5.32 Å². The van der Waals surface area contributed by atoms with Crippen molar-refractivity contribution in [3.05, 3.63) is 11.8 Å². The molecule has 3 nitrogen and oxygen atoms in total. The van der Waals surface area contributed by atoms with Crippen molar-refractivity contribution in [2.75, 3.05) is 26.9 Å². The van der Waals surface area contributed by atoms with E-state index in [2.05, 4.69) is 11.4 Å².